The number of amides is 1. The first kappa shape index (κ1) is 17.9. The number of unbranched alkanes of at least 4 members (excludes halogenated alkanes) is 1. The maximum atomic E-state index is 12.8. The van der Waals surface area contributed by atoms with E-state index in [4.69, 9.17) is 0 Å². The lowest BCUT2D eigenvalue weighted by Crippen LogP contribution is -2.30. The number of hydrogen-bond donors (Lipinski definition) is 1. The highest BCUT2D eigenvalue weighted by atomic mass is 16.3. The summed E-state index contributed by atoms with van der Waals surface area (Å²) in [6.07, 6.45) is 1.73. The van der Waals surface area contributed by atoms with E-state index in [0.717, 1.165) is 24.0 Å². The Morgan fingerprint density at radius 3 is 2.35 bits per heavy atom. The standard InChI is InChI=1S/C22H23NO3/c1-3-4-14-23-19(17-13-9-8-10-15(17)2)18(21(25)22(23)26)20(24)16-11-6-5-7-12-16/h5-13,19,24H,3-4,14H2,1-2H3/b20-18-. The van der Waals surface area contributed by atoms with Crippen LogP contribution in [-0.4, -0.2) is 28.2 Å². The molecule has 134 valence electrons. The molecule has 26 heavy (non-hydrogen) atoms. The second-order valence-corrected chi connectivity index (χ2v) is 6.57. The molecule has 1 N–H and O–H groups in total. The fourth-order valence-corrected chi connectivity index (χ4v) is 3.41. The van der Waals surface area contributed by atoms with E-state index in [1.54, 1.807) is 29.2 Å². The number of benzene rings is 2. The third-order valence-electron chi connectivity index (χ3n) is 4.82. The van der Waals surface area contributed by atoms with Gasteiger partial charge in [0.2, 0.25) is 0 Å². The number of aryl methyl sites for hydroxylation is 1. The van der Waals surface area contributed by atoms with Gasteiger partial charge in [-0.05, 0) is 24.5 Å². The van der Waals surface area contributed by atoms with Gasteiger partial charge in [0.25, 0.3) is 11.7 Å². The van der Waals surface area contributed by atoms with Crippen LogP contribution >= 0.6 is 0 Å². The van der Waals surface area contributed by atoms with Crippen LogP contribution in [0.2, 0.25) is 0 Å². The van der Waals surface area contributed by atoms with Crippen molar-refractivity contribution in [1.29, 1.82) is 0 Å². The van der Waals surface area contributed by atoms with Crippen LogP contribution in [0.25, 0.3) is 5.76 Å². The van der Waals surface area contributed by atoms with Gasteiger partial charge in [0.05, 0.1) is 11.6 Å². The van der Waals surface area contributed by atoms with E-state index in [-0.39, 0.29) is 11.3 Å². The van der Waals surface area contributed by atoms with Gasteiger partial charge in [-0.2, -0.15) is 0 Å². The van der Waals surface area contributed by atoms with Crippen LogP contribution in [-0.2, 0) is 9.59 Å². The second kappa shape index (κ2) is 7.56. The first-order chi connectivity index (χ1) is 12.6. The van der Waals surface area contributed by atoms with E-state index < -0.39 is 17.7 Å². The first-order valence-electron chi connectivity index (χ1n) is 8.95. The number of likely N-dealkylation sites (tertiary alicyclic amines) is 1. The SMILES string of the molecule is CCCCN1C(=O)C(=O)/C(=C(\O)c2ccccc2)C1c1ccccc1C. The third kappa shape index (κ3) is 3.15. The minimum atomic E-state index is -0.615. The summed E-state index contributed by atoms with van der Waals surface area (Å²) in [5.74, 6) is -1.27. The van der Waals surface area contributed by atoms with E-state index in [1.807, 2.05) is 44.2 Å². The molecule has 0 aliphatic carbocycles. The van der Waals surface area contributed by atoms with Gasteiger partial charge in [0.15, 0.2) is 0 Å². The number of ketones is 1. The van der Waals surface area contributed by atoms with Crippen LogP contribution in [0.15, 0.2) is 60.2 Å². The molecule has 1 aliphatic rings. The summed E-state index contributed by atoms with van der Waals surface area (Å²) in [4.78, 5) is 27.1. The van der Waals surface area contributed by atoms with Gasteiger partial charge in [0, 0.05) is 12.1 Å². The minimum absolute atomic E-state index is 0.115. The molecule has 2 aromatic carbocycles. The van der Waals surface area contributed by atoms with Gasteiger partial charge in [-0.25, -0.2) is 0 Å². The molecule has 0 aromatic heterocycles. The number of carbonyl (C=O) groups excluding carboxylic acids is 2. The first-order valence-corrected chi connectivity index (χ1v) is 8.95. The normalized spacial score (nSPS) is 19.2. The lowest BCUT2D eigenvalue weighted by molar-refractivity contribution is -0.139. The quantitative estimate of drug-likeness (QED) is 0.499. The van der Waals surface area contributed by atoms with Crippen LogP contribution in [0, 0.1) is 6.92 Å². The highest BCUT2D eigenvalue weighted by Gasteiger charge is 2.46. The zero-order valence-electron chi connectivity index (χ0n) is 15.1. The minimum Gasteiger partial charge on any atom is -0.507 e. The van der Waals surface area contributed by atoms with Crippen molar-refractivity contribution < 1.29 is 14.7 Å². The topological polar surface area (TPSA) is 57.6 Å². The Hall–Kier alpha value is -2.88. The maximum absolute atomic E-state index is 12.8. The smallest absolute Gasteiger partial charge is 0.295 e. The second-order valence-electron chi connectivity index (χ2n) is 6.57. The largest absolute Gasteiger partial charge is 0.507 e. The molecule has 2 aromatic rings. The Labute approximate surface area is 153 Å². The fraction of sp³-hybridized carbons (Fsp3) is 0.273. The van der Waals surface area contributed by atoms with E-state index >= 15 is 0 Å². The van der Waals surface area contributed by atoms with Crippen molar-refractivity contribution >= 4 is 17.4 Å². The molecule has 4 nitrogen and oxygen atoms in total. The Morgan fingerprint density at radius 1 is 1.04 bits per heavy atom. The van der Waals surface area contributed by atoms with Gasteiger partial charge < -0.3 is 10.0 Å². The van der Waals surface area contributed by atoms with Crippen molar-refractivity contribution in [3.05, 3.63) is 76.9 Å². The summed E-state index contributed by atoms with van der Waals surface area (Å²) >= 11 is 0. The van der Waals surface area contributed by atoms with Crippen molar-refractivity contribution in [2.45, 2.75) is 32.7 Å². The van der Waals surface area contributed by atoms with Gasteiger partial charge in [0.1, 0.15) is 5.76 Å². The summed E-state index contributed by atoms with van der Waals surface area (Å²) in [6.45, 7) is 4.49. The predicted molar refractivity (Wildman–Crippen MR) is 102 cm³/mol. The molecule has 1 aliphatic heterocycles. The Morgan fingerprint density at radius 2 is 1.69 bits per heavy atom. The van der Waals surface area contributed by atoms with E-state index in [2.05, 4.69) is 0 Å². The van der Waals surface area contributed by atoms with Gasteiger partial charge >= 0.3 is 0 Å². The van der Waals surface area contributed by atoms with Crippen LogP contribution in [0.3, 0.4) is 0 Å². The van der Waals surface area contributed by atoms with Crippen LogP contribution in [0.4, 0.5) is 0 Å². The van der Waals surface area contributed by atoms with Gasteiger partial charge in [-0.1, -0.05) is 67.9 Å². The lowest BCUT2D eigenvalue weighted by Gasteiger charge is -2.26. The molecule has 0 saturated carbocycles. The number of aliphatic hydroxyl groups is 1. The van der Waals surface area contributed by atoms with Crippen molar-refractivity contribution in [2.75, 3.05) is 6.54 Å². The van der Waals surface area contributed by atoms with Crippen molar-refractivity contribution in [3.63, 3.8) is 0 Å². The summed E-state index contributed by atoms with van der Waals surface area (Å²) in [5, 5.41) is 10.9. The van der Waals surface area contributed by atoms with Gasteiger partial charge in [-0.15, -0.1) is 0 Å². The zero-order valence-corrected chi connectivity index (χ0v) is 15.1. The molecular weight excluding hydrogens is 326 g/mol. The molecule has 0 radical (unpaired) electrons. The number of aliphatic hydroxyl groups excluding tert-OH is 1. The molecule has 0 spiro atoms. The Bertz CT molecular complexity index is 855. The average molecular weight is 349 g/mol. The molecule has 1 amide bonds. The van der Waals surface area contributed by atoms with E-state index in [9.17, 15) is 14.7 Å². The molecule has 3 rings (SSSR count). The van der Waals surface area contributed by atoms with Crippen molar-refractivity contribution in [1.82, 2.24) is 4.90 Å². The molecule has 1 unspecified atom stereocenters. The molecule has 1 atom stereocenters. The van der Waals surface area contributed by atoms with E-state index in [1.165, 1.54) is 0 Å². The number of nitrogens with zero attached hydrogens (tertiary/aromatic N) is 1. The predicted octanol–water partition coefficient (Wildman–Crippen LogP) is 4.22. The third-order valence-corrected chi connectivity index (χ3v) is 4.82. The molecular formula is C22H23NO3. The number of Topliss-reactive ketones (excluding diaryl/α,β-unsaturated/α-hetero) is 1. The number of rotatable bonds is 5. The average Bonchev–Trinajstić information content (AvgIpc) is 2.91. The molecule has 1 saturated heterocycles. The summed E-state index contributed by atoms with van der Waals surface area (Å²) in [5.41, 5.74) is 2.58. The summed E-state index contributed by atoms with van der Waals surface area (Å²) < 4.78 is 0. The molecule has 4 heteroatoms. The highest BCUT2D eigenvalue weighted by Crippen LogP contribution is 2.40. The van der Waals surface area contributed by atoms with Crippen molar-refractivity contribution in [3.8, 4) is 0 Å². The number of hydrogen-bond acceptors (Lipinski definition) is 3. The van der Waals surface area contributed by atoms with Crippen molar-refractivity contribution in [2.24, 2.45) is 0 Å². The number of carbonyl (C=O) groups is 2. The Balaban J connectivity index is 2.19. The van der Waals surface area contributed by atoms with Crippen LogP contribution in [0.5, 0.6) is 0 Å². The Kier molecular flexibility index (Phi) is 5.21. The summed E-state index contributed by atoms with van der Waals surface area (Å²) in [6, 6.07) is 16.1. The monoisotopic (exact) mass is 349 g/mol. The van der Waals surface area contributed by atoms with Crippen LogP contribution < -0.4 is 0 Å². The van der Waals surface area contributed by atoms with Gasteiger partial charge in [-0.3, -0.25) is 9.59 Å². The molecule has 1 fully saturated rings. The maximum Gasteiger partial charge on any atom is 0.295 e. The molecule has 1 heterocycles. The van der Waals surface area contributed by atoms with E-state index in [0.29, 0.717) is 12.1 Å². The lowest BCUT2D eigenvalue weighted by atomic mass is 9.92. The highest BCUT2D eigenvalue weighted by molar-refractivity contribution is 6.46. The zero-order chi connectivity index (χ0) is 18.7. The fourth-order valence-electron chi connectivity index (χ4n) is 3.41. The van der Waals surface area contributed by atoms with Crippen LogP contribution in [0.1, 0.15) is 42.5 Å². The summed E-state index contributed by atoms with van der Waals surface area (Å²) in [7, 11) is 0. The molecule has 0 bridgehead atoms.